The second-order valence-electron chi connectivity index (χ2n) is 10.0. The van der Waals surface area contributed by atoms with Crippen LogP contribution in [0.25, 0.3) is 5.57 Å². The Kier molecular flexibility index (Phi) is 6.74. The molecule has 0 N–H and O–H groups in total. The van der Waals surface area contributed by atoms with E-state index in [9.17, 15) is 18.0 Å². The van der Waals surface area contributed by atoms with Crippen LogP contribution >= 0.6 is 0 Å². The van der Waals surface area contributed by atoms with Crippen molar-refractivity contribution in [2.75, 3.05) is 31.1 Å². The molecule has 0 saturated carbocycles. The smallest absolute Gasteiger partial charge is 0.243 e. The largest absolute Gasteiger partial charge is 0.338 e. The van der Waals surface area contributed by atoms with Crippen LogP contribution in [0.2, 0.25) is 0 Å². The van der Waals surface area contributed by atoms with Crippen molar-refractivity contribution in [1.82, 2.24) is 9.21 Å². The van der Waals surface area contributed by atoms with E-state index < -0.39 is 10.0 Å². The molecule has 2 aromatic carbocycles. The Morgan fingerprint density at radius 1 is 0.972 bits per heavy atom. The van der Waals surface area contributed by atoms with E-state index in [-0.39, 0.29) is 28.7 Å². The molecule has 190 valence electrons. The molecule has 3 aliphatic rings. The molecule has 2 amide bonds. The summed E-state index contributed by atoms with van der Waals surface area (Å²) in [4.78, 5) is 29.1. The van der Waals surface area contributed by atoms with Crippen molar-refractivity contribution >= 4 is 33.1 Å². The van der Waals surface area contributed by atoms with Crippen LogP contribution in [0, 0.1) is 5.92 Å². The number of hydrogen-bond donors (Lipinski definition) is 0. The summed E-state index contributed by atoms with van der Waals surface area (Å²) in [6.07, 6.45) is 4.68. The summed E-state index contributed by atoms with van der Waals surface area (Å²) in [5.74, 6) is -0.0524. The molecule has 3 aliphatic heterocycles. The van der Waals surface area contributed by atoms with Gasteiger partial charge in [-0.15, -0.1) is 0 Å². The Morgan fingerprint density at radius 2 is 1.69 bits per heavy atom. The molecule has 2 aromatic rings. The fourth-order valence-corrected chi connectivity index (χ4v) is 7.30. The maximum atomic E-state index is 13.4. The Labute approximate surface area is 213 Å². The molecule has 7 nitrogen and oxygen atoms in total. The first-order valence-corrected chi connectivity index (χ1v) is 14.2. The van der Waals surface area contributed by atoms with Gasteiger partial charge in [0.15, 0.2) is 0 Å². The highest BCUT2D eigenvalue weighted by molar-refractivity contribution is 7.89. The van der Waals surface area contributed by atoms with Crippen molar-refractivity contribution in [2.24, 2.45) is 5.92 Å². The lowest BCUT2D eigenvalue weighted by atomic mass is 9.94. The second-order valence-corrected chi connectivity index (χ2v) is 12.0. The van der Waals surface area contributed by atoms with E-state index in [4.69, 9.17) is 0 Å². The normalized spacial score (nSPS) is 21.3. The predicted octanol–water partition coefficient (Wildman–Crippen LogP) is 3.70. The summed E-state index contributed by atoms with van der Waals surface area (Å²) < 4.78 is 28.3. The monoisotopic (exact) mass is 507 g/mol. The third-order valence-corrected chi connectivity index (χ3v) is 9.61. The zero-order valence-electron chi connectivity index (χ0n) is 20.9. The molecular formula is C28H33N3O4S. The van der Waals surface area contributed by atoms with Crippen molar-refractivity contribution in [3.05, 3.63) is 65.7 Å². The minimum atomic E-state index is -3.66. The van der Waals surface area contributed by atoms with E-state index in [1.807, 2.05) is 30.0 Å². The lowest BCUT2D eigenvalue weighted by Gasteiger charge is -2.35. The highest BCUT2D eigenvalue weighted by atomic mass is 32.2. The van der Waals surface area contributed by atoms with Crippen LogP contribution in [-0.2, 0) is 26.0 Å². The van der Waals surface area contributed by atoms with Gasteiger partial charge in [-0.05, 0) is 67.5 Å². The van der Waals surface area contributed by atoms with Crippen molar-refractivity contribution in [3.63, 3.8) is 0 Å². The number of amides is 2. The molecule has 0 aromatic heterocycles. The first-order valence-electron chi connectivity index (χ1n) is 12.7. The van der Waals surface area contributed by atoms with Crippen molar-refractivity contribution in [3.8, 4) is 0 Å². The first-order chi connectivity index (χ1) is 17.3. The van der Waals surface area contributed by atoms with E-state index >= 15 is 0 Å². The van der Waals surface area contributed by atoms with E-state index in [2.05, 4.69) is 18.2 Å². The fourth-order valence-electron chi connectivity index (χ4n) is 5.78. The number of benzene rings is 2. The molecule has 0 bridgehead atoms. The maximum absolute atomic E-state index is 13.4. The van der Waals surface area contributed by atoms with Gasteiger partial charge in [0.1, 0.15) is 0 Å². The molecule has 3 heterocycles. The third kappa shape index (κ3) is 4.60. The molecule has 1 saturated heterocycles. The van der Waals surface area contributed by atoms with Gasteiger partial charge in [0, 0.05) is 50.7 Å². The van der Waals surface area contributed by atoms with Crippen LogP contribution in [-0.4, -0.2) is 61.7 Å². The van der Waals surface area contributed by atoms with E-state index in [0.717, 1.165) is 17.7 Å². The number of piperidine rings is 1. The van der Waals surface area contributed by atoms with Crippen molar-refractivity contribution < 1.29 is 18.0 Å². The first kappa shape index (κ1) is 24.7. The Hall–Kier alpha value is -2.97. The van der Waals surface area contributed by atoms with Gasteiger partial charge in [0.2, 0.25) is 21.8 Å². The summed E-state index contributed by atoms with van der Waals surface area (Å²) in [5, 5.41) is 0. The molecule has 1 unspecified atom stereocenters. The highest BCUT2D eigenvalue weighted by Gasteiger charge is 2.36. The third-order valence-electron chi connectivity index (χ3n) is 7.71. The van der Waals surface area contributed by atoms with Gasteiger partial charge in [-0.2, -0.15) is 4.31 Å². The fraction of sp³-hybridized carbons (Fsp3) is 0.429. The van der Waals surface area contributed by atoms with Crippen LogP contribution in [0.1, 0.15) is 44.2 Å². The van der Waals surface area contributed by atoms with Crippen LogP contribution < -0.4 is 4.90 Å². The number of fused-ring (bicyclic) bond motifs is 1. The van der Waals surface area contributed by atoms with Crippen LogP contribution in [0.15, 0.2) is 59.5 Å². The lowest BCUT2D eigenvalue weighted by Crippen LogP contribution is -2.45. The number of carbonyl (C=O) groups excluding carboxylic acids is 2. The summed E-state index contributed by atoms with van der Waals surface area (Å²) in [6, 6.07) is 15.3. The van der Waals surface area contributed by atoms with Gasteiger partial charge < -0.3 is 9.80 Å². The summed E-state index contributed by atoms with van der Waals surface area (Å²) in [6.45, 7) is 5.48. The second kappa shape index (κ2) is 9.82. The standard InChI is InChI=1S/C28H33N3O4S/c1-20-18-25-19-26(8-9-27(25)31(20)21(2)32)36(34,35)30-16-12-24(13-17-30)28(33)29-14-10-23(11-15-29)22-6-4-3-5-7-22/h3-10,19-20,24H,11-18H2,1-2H3. The van der Waals surface area contributed by atoms with Gasteiger partial charge in [0.05, 0.1) is 4.90 Å². The molecule has 0 aliphatic carbocycles. The zero-order valence-corrected chi connectivity index (χ0v) is 21.7. The molecule has 36 heavy (non-hydrogen) atoms. The van der Waals surface area contributed by atoms with Crippen LogP contribution in [0.3, 0.4) is 0 Å². The minimum Gasteiger partial charge on any atom is -0.338 e. The average Bonchev–Trinajstić information content (AvgIpc) is 3.24. The molecule has 5 rings (SSSR count). The number of carbonyl (C=O) groups is 2. The summed E-state index contributed by atoms with van der Waals surface area (Å²) >= 11 is 0. The Balaban J connectivity index is 1.21. The summed E-state index contributed by atoms with van der Waals surface area (Å²) in [5.41, 5.74) is 4.16. The Bertz CT molecular complexity index is 1300. The number of hydrogen-bond acceptors (Lipinski definition) is 4. The summed E-state index contributed by atoms with van der Waals surface area (Å²) in [7, 11) is -3.66. The van der Waals surface area contributed by atoms with Gasteiger partial charge in [0.25, 0.3) is 0 Å². The highest BCUT2D eigenvalue weighted by Crippen LogP contribution is 2.35. The van der Waals surface area contributed by atoms with Gasteiger partial charge >= 0.3 is 0 Å². The molecule has 1 fully saturated rings. The van der Waals surface area contributed by atoms with Crippen LogP contribution in [0.4, 0.5) is 5.69 Å². The maximum Gasteiger partial charge on any atom is 0.243 e. The SMILES string of the molecule is CC(=O)N1c2ccc(S(=O)(=O)N3CCC(C(=O)N4CC=C(c5ccccc5)CC4)CC3)cc2CC1C. The molecule has 0 spiro atoms. The zero-order chi connectivity index (χ0) is 25.4. The van der Waals surface area contributed by atoms with E-state index in [1.54, 1.807) is 23.1 Å². The molecule has 0 radical (unpaired) electrons. The molecular weight excluding hydrogens is 474 g/mol. The van der Waals surface area contributed by atoms with Crippen LogP contribution in [0.5, 0.6) is 0 Å². The lowest BCUT2D eigenvalue weighted by molar-refractivity contribution is -0.136. The number of rotatable bonds is 4. The predicted molar refractivity (Wildman–Crippen MR) is 140 cm³/mol. The van der Waals surface area contributed by atoms with E-state index in [1.165, 1.54) is 22.4 Å². The topological polar surface area (TPSA) is 78.0 Å². The van der Waals surface area contributed by atoms with E-state index in [0.29, 0.717) is 45.4 Å². The molecule has 8 heteroatoms. The Morgan fingerprint density at radius 3 is 2.33 bits per heavy atom. The van der Waals surface area contributed by atoms with Gasteiger partial charge in [-0.3, -0.25) is 9.59 Å². The number of anilines is 1. The number of sulfonamides is 1. The minimum absolute atomic E-state index is 0.0191. The average molecular weight is 508 g/mol. The van der Waals surface area contributed by atoms with Crippen molar-refractivity contribution in [2.45, 2.75) is 50.5 Å². The quantitative estimate of drug-likeness (QED) is 0.632. The van der Waals surface area contributed by atoms with Gasteiger partial charge in [-0.25, -0.2) is 8.42 Å². The van der Waals surface area contributed by atoms with Crippen molar-refractivity contribution in [1.29, 1.82) is 0 Å². The molecule has 1 atom stereocenters. The van der Waals surface area contributed by atoms with Gasteiger partial charge in [-0.1, -0.05) is 36.4 Å². The number of nitrogens with zero attached hydrogens (tertiary/aromatic N) is 3.